The van der Waals surface area contributed by atoms with Crippen LogP contribution in [0.3, 0.4) is 0 Å². The van der Waals surface area contributed by atoms with E-state index >= 15 is 0 Å². The number of anilines is 1. The van der Waals surface area contributed by atoms with Gasteiger partial charge in [0, 0.05) is 12.6 Å². The normalized spacial score (nSPS) is 11.6. The lowest BCUT2D eigenvalue weighted by atomic mass is 10.1. The van der Waals surface area contributed by atoms with Crippen molar-refractivity contribution in [2.24, 2.45) is 0 Å². The number of carbonyl (C=O) groups excluding carboxylic acids is 1. The summed E-state index contributed by atoms with van der Waals surface area (Å²) in [6, 6.07) is 9.19. The maximum Gasteiger partial charge on any atom is 0.265 e. The van der Waals surface area contributed by atoms with E-state index in [4.69, 9.17) is 4.52 Å². The van der Waals surface area contributed by atoms with Crippen LogP contribution in [0, 0.1) is 0 Å². The van der Waals surface area contributed by atoms with E-state index in [1.807, 2.05) is 30.3 Å². The Labute approximate surface area is 198 Å². The predicted octanol–water partition coefficient (Wildman–Crippen LogP) is 3.54. The number of amides is 1. The zero-order chi connectivity index (χ0) is 23.8. The quantitative estimate of drug-likeness (QED) is 0.413. The van der Waals surface area contributed by atoms with Crippen LogP contribution in [0.25, 0.3) is 11.3 Å². The Morgan fingerprint density at radius 1 is 1.18 bits per heavy atom. The van der Waals surface area contributed by atoms with Gasteiger partial charge in [-0.3, -0.25) is 14.5 Å². The number of sulfonamides is 1. The average Bonchev–Trinajstić information content (AvgIpc) is 3.47. The summed E-state index contributed by atoms with van der Waals surface area (Å²) in [6.45, 7) is 6.59. The smallest absolute Gasteiger partial charge is 0.265 e. The minimum atomic E-state index is -3.66. The second kappa shape index (κ2) is 11.4. The largest absolute Gasteiger partial charge is 0.357 e. The lowest BCUT2D eigenvalue weighted by molar-refractivity contribution is 0.0777. The van der Waals surface area contributed by atoms with Gasteiger partial charge < -0.3 is 14.3 Å². The van der Waals surface area contributed by atoms with E-state index in [1.54, 1.807) is 12.6 Å². The molecule has 2 heterocycles. The van der Waals surface area contributed by atoms with Gasteiger partial charge in [0.1, 0.15) is 16.3 Å². The van der Waals surface area contributed by atoms with Gasteiger partial charge in [-0.25, -0.2) is 8.42 Å². The zero-order valence-electron chi connectivity index (χ0n) is 19.0. The maximum atomic E-state index is 12.9. The minimum absolute atomic E-state index is 0.0298. The zero-order valence-corrected chi connectivity index (χ0v) is 20.7. The second-order valence-corrected chi connectivity index (χ2v) is 10.3. The summed E-state index contributed by atoms with van der Waals surface area (Å²) in [6.07, 6.45) is 2.00. The molecule has 178 valence electrons. The summed E-state index contributed by atoms with van der Waals surface area (Å²) >= 11 is 1.24. The molecule has 0 saturated carbocycles. The fourth-order valence-electron chi connectivity index (χ4n) is 3.35. The lowest BCUT2D eigenvalue weighted by Gasteiger charge is -2.18. The van der Waals surface area contributed by atoms with Gasteiger partial charge in [0.15, 0.2) is 5.76 Å². The molecule has 0 atom stereocenters. The van der Waals surface area contributed by atoms with E-state index in [9.17, 15) is 13.2 Å². The molecule has 0 saturated heterocycles. The average molecular weight is 492 g/mol. The first kappa shape index (κ1) is 24.9. The van der Waals surface area contributed by atoms with Crippen molar-refractivity contribution in [1.82, 2.24) is 19.9 Å². The van der Waals surface area contributed by atoms with Crippen LogP contribution in [0.5, 0.6) is 0 Å². The van der Waals surface area contributed by atoms with Crippen molar-refractivity contribution in [3.05, 3.63) is 52.7 Å². The third-order valence-electron chi connectivity index (χ3n) is 5.22. The first-order valence-corrected chi connectivity index (χ1v) is 13.3. The van der Waals surface area contributed by atoms with Gasteiger partial charge in [-0.15, -0.1) is 11.3 Å². The van der Waals surface area contributed by atoms with Crippen LogP contribution in [0.2, 0.25) is 0 Å². The summed E-state index contributed by atoms with van der Waals surface area (Å²) in [4.78, 5) is 20.7. The third-order valence-corrected chi connectivity index (χ3v) is 7.32. The number of hydrogen-bond acceptors (Lipinski definition) is 8. The van der Waals surface area contributed by atoms with Crippen LogP contribution < -0.4 is 4.72 Å². The Hall–Kier alpha value is -2.76. The molecular weight excluding hydrogens is 462 g/mol. The van der Waals surface area contributed by atoms with Gasteiger partial charge in [0.2, 0.25) is 10.0 Å². The van der Waals surface area contributed by atoms with Crippen molar-refractivity contribution in [1.29, 1.82) is 0 Å². The molecule has 0 aliphatic rings. The fraction of sp³-hybridized carbons (Fsp3) is 0.409. The highest BCUT2D eigenvalue weighted by molar-refractivity contribution is 7.92. The molecule has 1 N–H and O–H groups in total. The fourth-order valence-corrected chi connectivity index (χ4v) is 5.10. The van der Waals surface area contributed by atoms with Crippen LogP contribution in [-0.4, -0.2) is 66.7 Å². The molecule has 33 heavy (non-hydrogen) atoms. The molecule has 1 amide bonds. The molecule has 0 unspecified atom stereocenters. The summed E-state index contributed by atoms with van der Waals surface area (Å²) < 4.78 is 34.0. The Morgan fingerprint density at radius 2 is 1.91 bits per heavy atom. The van der Waals surface area contributed by atoms with Crippen LogP contribution in [-0.2, 0) is 16.6 Å². The highest BCUT2D eigenvalue weighted by atomic mass is 32.2. The Balaban J connectivity index is 1.83. The standard InChI is InChI=1S/C22H29N5O4S2/c1-4-27(5-2)12-9-13-33(29,30)25-21-18(15-26(3)22(28)19-14-23-16-32-19)31-24-20(21)17-10-7-6-8-11-17/h6-8,10-11,14,16,25H,4-5,9,12-13,15H2,1-3H3. The van der Waals surface area contributed by atoms with Crippen LogP contribution in [0.15, 0.2) is 46.6 Å². The Kier molecular flexibility index (Phi) is 8.59. The SMILES string of the molecule is CCN(CC)CCCS(=O)(=O)Nc1c(-c2ccccc2)noc1CN(C)C(=O)c1cncs1. The van der Waals surface area contributed by atoms with Crippen molar-refractivity contribution < 1.29 is 17.7 Å². The monoisotopic (exact) mass is 491 g/mol. The summed E-state index contributed by atoms with van der Waals surface area (Å²) in [5.74, 6) is 0.00238. The lowest BCUT2D eigenvalue weighted by Crippen LogP contribution is -2.28. The number of benzene rings is 1. The molecule has 0 spiro atoms. The number of nitrogens with zero attached hydrogens (tertiary/aromatic N) is 4. The summed E-state index contributed by atoms with van der Waals surface area (Å²) in [5, 5.41) is 4.12. The molecule has 0 bridgehead atoms. The van der Waals surface area contributed by atoms with Crippen molar-refractivity contribution >= 4 is 33.0 Å². The summed E-state index contributed by atoms with van der Waals surface area (Å²) in [7, 11) is -2.04. The van der Waals surface area contributed by atoms with Gasteiger partial charge in [0.05, 0.1) is 24.0 Å². The van der Waals surface area contributed by atoms with E-state index in [2.05, 4.69) is 33.6 Å². The molecule has 0 radical (unpaired) electrons. The highest BCUT2D eigenvalue weighted by Gasteiger charge is 2.25. The molecule has 3 rings (SSSR count). The van der Waals surface area contributed by atoms with Gasteiger partial charge in [0.25, 0.3) is 5.91 Å². The van der Waals surface area contributed by atoms with E-state index < -0.39 is 10.0 Å². The highest BCUT2D eigenvalue weighted by Crippen LogP contribution is 2.32. The molecule has 0 aliphatic carbocycles. The number of nitrogens with one attached hydrogen (secondary N) is 1. The molecule has 3 aromatic rings. The second-order valence-electron chi connectivity index (χ2n) is 7.52. The first-order valence-electron chi connectivity index (χ1n) is 10.7. The van der Waals surface area contributed by atoms with Crippen molar-refractivity contribution in [2.75, 3.05) is 37.2 Å². The molecule has 2 aromatic heterocycles. The minimum Gasteiger partial charge on any atom is -0.357 e. The van der Waals surface area contributed by atoms with Crippen LogP contribution in [0.4, 0.5) is 5.69 Å². The van der Waals surface area contributed by atoms with Gasteiger partial charge in [-0.2, -0.15) is 0 Å². The first-order chi connectivity index (χ1) is 15.8. The van der Waals surface area contributed by atoms with Gasteiger partial charge >= 0.3 is 0 Å². The van der Waals surface area contributed by atoms with Crippen molar-refractivity contribution in [3.63, 3.8) is 0 Å². The molecule has 1 aromatic carbocycles. The van der Waals surface area contributed by atoms with Crippen LogP contribution >= 0.6 is 11.3 Å². The van der Waals surface area contributed by atoms with Crippen molar-refractivity contribution in [3.8, 4) is 11.3 Å². The van der Waals surface area contributed by atoms with Crippen molar-refractivity contribution in [2.45, 2.75) is 26.8 Å². The van der Waals surface area contributed by atoms with E-state index in [-0.39, 0.29) is 29.7 Å². The molecule has 9 nitrogen and oxygen atoms in total. The topological polar surface area (TPSA) is 109 Å². The predicted molar refractivity (Wildman–Crippen MR) is 130 cm³/mol. The van der Waals surface area contributed by atoms with E-state index in [0.717, 1.165) is 13.1 Å². The third kappa shape index (κ3) is 6.62. The van der Waals surface area contributed by atoms with Crippen LogP contribution in [0.1, 0.15) is 35.7 Å². The van der Waals surface area contributed by atoms with Gasteiger partial charge in [-0.1, -0.05) is 49.3 Å². The number of hydrogen-bond donors (Lipinski definition) is 1. The number of rotatable bonds is 12. The van der Waals surface area contributed by atoms with E-state index in [0.29, 0.717) is 29.1 Å². The number of thiazole rings is 1. The summed E-state index contributed by atoms with van der Waals surface area (Å²) in [5.41, 5.74) is 2.94. The molecule has 0 fully saturated rings. The molecule has 11 heteroatoms. The van der Waals surface area contributed by atoms with Gasteiger partial charge in [-0.05, 0) is 26.1 Å². The number of aromatic nitrogens is 2. The maximum absolute atomic E-state index is 12.9. The Morgan fingerprint density at radius 3 is 2.55 bits per heavy atom. The Bertz CT molecular complexity index is 1130. The number of carbonyl (C=O) groups is 1. The molecule has 0 aliphatic heterocycles. The van der Waals surface area contributed by atoms with E-state index in [1.165, 1.54) is 22.4 Å². The molecular formula is C22H29N5O4S2.